The van der Waals surface area contributed by atoms with Gasteiger partial charge < -0.3 is 15.2 Å². The first kappa shape index (κ1) is 28.0. The minimum absolute atomic E-state index is 0.0111. The van der Waals surface area contributed by atoms with Crippen LogP contribution in [0, 0.1) is 6.92 Å². The SMILES string of the molecule is CSCCC(NC(=O)c1ccc(COC(C)Cc2cccc(Br)c2)cc1-c1ccccc1C)C(=O)O. The lowest BCUT2D eigenvalue weighted by Crippen LogP contribution is -2.41. The molecule has 36 heavy (non-hydrogen) atoms. The first-order valence-corrected chi connectivity index (χ1v) is 14.0. The van der Waals surface area contributed by atoms with E-state index in [1.807, 2.05) is 68.6 Å². The van der Waals surface area contributed by atoms with E-state index in [9.17, 15) is 14.7 Å². The summed E-state index contributed by atoms with van der Waals surface area (Å²) in [5.41, 5.74) is 5.32. The van der Waals surface area contributed by atoms with Crippen LogP contribution in [0.15, 0.2) is 71.2 Å². The molecule has 0 bridgehead atoms. The fourth-order valence-electron chi connectivity index (χ4n) is 4.00. The quantitative estimate of drug-likeness (QED) is 0.260. The van der Waals surface area contributed by atoms with Crippen molar-refractivity contribution in [1.29, 1.82) is 0 Å². The van der Waals surface area contributed by atoms with Crippen molar-refractivity contribution >= 4 is 39.6 Å². The molecule has 7 heteroatoms. The fraction of sp³-hybridized carbons (Fsp3) is 0.310. The summed E-state index contributed by atoms with van der Waals surface area (Å²) in [5, 5.41) is 12.3. The number of rotatable bonds is 12. The number of carbonyl (C=O) groups excluding carboxylic acids is 1. The standard InChI is InChI=1S/C29H32BrNO4S/c1-19-7-4-5-10-24(19)26-17-22(18-35-20(2)15-21-8-6-9-23(30)16-21)11-12-25(26)28(32)31-27(29(33)34)13-14-36-3/h4-12,16-17,20,27H,13-15,18H2,1-3H3,(H,31,32)(H,33,34). The summed E-state index contributed by atoms with van der Waals surface area (Å²) in [5.74, 6) is -0.771. The second-order valence-corrected chi connectivity index (χ2v) is 10.7. The lowest BCUT2D eigenvalue weighted by Gasteiger charge is -2.18. The second-order valence-electron chi connectivity index (χ2n) is 8.80. The molecule has 0 radical (unpaired) electrons. The maximum Gasteiger partial charge on any atom is 0.326 e. The van der Waals surface area contributed by atoms with E-state index in [4.69, 9.17) is 4.74 Å². The molecule has 0 aromatic heterocycles. The number of hydrogen-bond acceptors (Lipinski definition) is 4. The molecule has 190 valence electrons. The highest BCUT2D eigenvalue weighted by molar-refractivity contribution is 9.10. The van der Waals surface area contributed by atoms with Gasteiger partial charge in [-0.05, 0) is 90.8 Å². The molecule has 0 saturated carbocycles. The Labute approximate surface area is 225 Å². The average Bonchev–Trinajstić information content (AvgIpc) is 2.85. The van der Waals surface area contributed by atoms with E-state index in [-0.39, 0.29) is 6.10 Å². The molecule has 0 spiro atoms. The molecule has 0 aliphatic carbocycles. The Hall–Kier alpha value is -2.61. The van der Waals surface area contributed by atoms with Crippen molar-refractivity contribution in [2.75, 3.05) is 12.0 Å². The van der Waals surface area contributed by atoms with Gasteiger partial charge in [-0.2, -0.15) is 11.8 Å². The second kappa shape index (κ2) is 13.6. The molecular formula is C29H32BrNO4S. The van der Waals surface area contributed by atoms with Crippen molar-refractivity contribution in [2.24, 2.45) is 0 Å². The molecule has 0 heterocycles. The Morgan fingerprint density at radius 3 is 2.50 bits per heavy atom. The number of hydrogen-bond donors (Lipinski definition) is 2. The minimum Gasteiger partial charge on any atom is -0.480 e. The first-order chi connectivity index (χ1) is 17.3. The number of carboxylic acid groups (broad SMARTS) is 1. The summed E-state index contributed by atoms with van der Waals surface area (Å²) < 4.78 is 7.18. The Bertz CT molecular complexity index is 1200. The monoisotopic (exact) mass is 569 g/mol. The zero-order valence-corrected chi connectivity index (χ0v) is 23.2. The van der Waals surface area contributed by atoms with E-state index < -0.39 is 17.9 Å². The molecular weight excluding hydrogens is 538 g/mol. The van der Waals surface area contributed by atoms with Crippen LogP contribution in [-0.4, -0.2) is 41.1 Å². The van der Waals surface area contributed by atoms with Gasteiger partial charge in [-0.1, -0.05) is 58.4 Å². The van der Waals surface area contributed by atoms with Gasteiger partial charge in [0.25, 0.3) is 5.91 Å². The van der Waals surface area contributed by atoms with Crippen LogP contribution in [0.1, 0.15) is 40.4 Å². The third kappa shape index (κ3) is 7.95. The Balaban J connectivity index is 1.82. The van der Waals surface area contributed by atoms with Crippen molar-refractivity contribution < 1.29 is 19.4 Å². The molecule has 0 saturated heterocycles. The van der Waals surface area contributed by atoms with Gasteiger partial charge >= 0.3 is 5.97 Å². The Kier molecular flexibility index (Phi) is 10.6. The number of halogens is 1. The molecule has 3 aromatic carbocycles. The molecule has 2 unspecified atom stereocenters. The highest BCUT2D eigenvalue weighted by atomic mass is 79.9. The molecule has 1 amide bonds. The zero-order valence-electron chi connectivity index (χ0n) is 20.8. The third-order valence-electron chi connectivity index (χ3n) is 5.92. The van der Waals surface area contributed by atoms with Crippen LogP contribution in [-0.2, 0) is 22.6 Å². The van der Waals surface area contributed by atoms with Gasteiger partial charge in [-0.15, -0.1) is 0 Å². The molecule has 3 rings (SSSR count). The fourth-order valence-corrected chi connectivity index (χ4v) is 4.92. The van der Waals surface area contributed by atoms with E-state index >= 15 is 0 Å². The van der Waals surface area contributed by atoms with Crippen LogP contribution < -0.4 is 5.32 Å². The normalized spacial score (nSPS) is 12.7. The summed E-state index contributed by atoms with van der Waals surface area (Å²) in [6.45, 7) is 4.45. The minimum atomic E-state index is -1.03. The van der Waals surface area contributed by atoms with Crippen LogP contribution in [0.4, 0.5) is 0 Å². The van der Waals surface area contributed by atoms with Gasteiger partial charge in [0.15, 0.2) is 0 Å². The number of amides is 1. The third-order valence-corrected chi connectivity index (χ3v) is 7.06. The number of ether oxygens (including phenoxy) is 1. The molecule has 0 aliphatic rings. The first-order valence-electron chi connectivity index (χ1n) is 11.9. The maximum absolute atomic E-state index is 13.2. The van der Waals surface area contributed by atoms with Gasteiger partial charge in [0.2, 0.25) is 0 Å². The number of carbonyl (C=O) groups is 2. The van der Waals surface area contributed by atoms with Crippen molar-refractivity contribution in [3.05, 3.63) is 93.5 Å². The number of thioether (sulfide) groups is 1. The van der Waals surface area contributed by atoms with Crippen molar-refractivity contribution in [2.45, 2.75) is 45.4 Å². The number of nitrogens with one attached hydrogen (secondary N) is 1. The number of aryl methyl sites for hydroxylation is 1. The van der Waals surface area contributed by atoms with Gasteiger partial charge in [0.1, 0.15) is 6.04 Å². The number of aliphatic carboxylic acids is 1. The molecule has 5 nitrogen and oxygen atoms in total. The van der Waals surface area contributed by atoms with E-state index in [2.05, 4.69) is 33.4 Å². The van der Waals surface area contributed by atoms with E-state index in [0.717, 1.165) is 33.1 Å². The van der Waals surface area contributed by atoms with Crippen LogP contribution in [0.2, 0.25) is 0 Å². The lowest BCUT2D eigenvalue weighted by molar-refractivity contribution is -0.139. The molecule has 2 atom stereocenters. The molecule has 0 aliphatic heterocycles. The number of benzene rings is 3. The van der Waals surface area contributed by atoms with Crippen molar-refractivity contribution in [3.63, 3.8) is 0 Å². The lowest BCUT2D eigenvalue weighted by atomic mass is 9.93. The van der Waals surface area contributed by atoms with Crippen LogP contribution in [0.5, 0.6) is 0 Å². The van der Waals surface area contributed by atoms with Gasteiger partial charge in [-0.25, -0.2) is 4.79 Å². The largest absolute Gasteiger partial charge is 0.480 e. The summed E-state index contributed by atoms with van der Waals surface area (Å²) in [4.78, 5) is 24.9. The Morgan fingerprint density at radius 1 is 1.03 bits per heavy atom. The van der Waals surface area contributed by atoms with Gasteiger partial charge in [0.05, 0.1) is 12.7 Å². The molecule has 0 fully saturated rings. The number of carboxylic acids is 1. The smallest absolute Gasteiger partial charge is 0.326 e. The van der Waals surface area contributed by atoms with E-state index in [0.29, 0.717) is 24.3 Å². The Morgan fingerprint density at radius 2 is 1.81 bits per heavy atom. The van der Waals surface area contributed by atoms with Crippen LogP contribution in [0.3, 0.4) is 0 Å². The topological polar surface area (TPSA) is 75.6 Å². The zero-order chi connectivity index (χ0) is 26.1. The van der Waals surface area contributed by atoms with Gasteiger partial charge in [0, 0.05) is 10.0 Å². The molecule has 2 N–H and O–H groups in total. The predicted molar refractivity (Wildman–Crippen MR) is 151 cm³/mol. The van der Waals surface area contributed by atoms with E-state index in [1.165, 1.54) is 5.56 Å². The summed E-state index contributed by atoms with van der Waals surface area (Å²) in [6.07, 6.45) is 3.08. The summed E-state index contributed by atoms with van der Waals surface area (Å²) in [6, 6.07) is 20.7. The van der Waals surface area contributed by atoms with Crippen molar-refractivity contribution in [1.82, 2.24) is 5.32 Å². The van der Waals surface area contributed by atoms with Gasteiger partial charge in [-0.3, -0.25) is 4.79 Å². The van der Waals surface area contributed by atoms with Crippen molar-refractivity contribution in [3.8, 4) is 11.1 Å². The summed E-state index contributed by atoms with van der Waals surface area (Å²) >= 11 is 5.06. The highest BCUT2D eigenvalue weighted by Crippen LogP contribution is 2.29. The van der Waals surface area contributed by atoms with Crippen LogP contribution in [0.25, 0.3) is 11.1 Å². The average molecular weight is 571 g/mol. The molecule has 3 aromatic rings. The van der Waals surface area contributed by atoms with Crippen LogP contribution >= 0.6 is 27.7 Å². The summed E-state index contributed by atoms with van der Waals surface area (Å²) in [7, 11) is 0. The van der Waals surface area contributed by atoms with E-state index in [1.54, 1.807) is 17.8 Å². The maximum atomic E-state index is 13.2. The predicted octanol–water partition coefficient (Wildman–Crippen LogP) is 6.51. The highest BCUT2D eigenvalue weighted by Gasteiger charge is 2.23.